The molecule has 0 aliphatic rings. The zero-order chi connectivity index (χ0) is 23.6. The quantitative estimate of drug-likeness (QED) is 0.308. The molecule has 0 amide bonds. The number of phenols is 1. The van der Waals surface area contributed by atoms with Crippen molar-refractivity contribution in [2.75, 3.05) is 0 Å². The Morgan fingerprint density at radius 3 is 2.30 bits per heavy atom. The molecule has 0 aliphatic heterocycles. The molecule has 170 valence electrons. The van der Waals surface area contributed by atoms with Gasteiger partial charge < -0.3 is 0 Å². The van der Waals surface area contributed by atoms with E-state index < -0.39 is 11.7 Å². The normalized spacial score (nSPS) is 12.6. The molecule has 1 unspecified atom stereocenters. The summed E-state index contributed by atoms with van der Waals surface area (Å²) in [5.74, 6) is 0.294. The van der Waals surface area contributed by atoms with Crippen LogP contribution in [0.2, 0.25) is 0 Å². The zero-order valence-corrected chi connectivity index (χ0v) is 21.5. The summed E-state index contributed by atoms with van der Waals surface area (Å²) < 4.78 is 42.2. The summed E-state index contributed by atoms with van der Waals surface area (Å²) >= 11 is 0.0503. The molecule has 0 spiro atoms. The van der Waals surface area contributed by atoms with E-state index in [2.05, 4.69) is 12.1 Å². The molecule has 1 atom stereocenters. The molecule has 0 saturated heterocycles. The molecule has 2 nitrogen and oxygen atoms in total. The Labute approximate surface area is 203 Å². The van der Waals surface area contributed by atoms with E-state index in [1.165, 1.54) is 26.6 Å². The average Bonchev–Trinajstić information content (AvgIpc) is 3.17. The van der Waals surface area contributed by atoms with E-state index in [0.29, 0.717) is 5.75 Å². The fourth-order valence-corrected chi connectivity index (χ4v) is 9.44. The van der Waals surface area contributed by atoms with Gasteiger partial charge in [0, 0.05) is 0 Å². The molecule has 1 aromatic heterocycles. The summed E-state index contributed by atoms with van der Waals surface area (Å²) in [6.07, 6.45) is -3.46. The van der Waals surface area contributed by atoms with E-state index in [1.54, 1.807) is 6.07 Å². The van der Waals surface area contributed by atoms with Crippen molar-refractivity contribution in [1.29, 1.82) is 0 Å². The Balaban J connectivity index is 1.67. The summed E-state index contributed by atoms with van der Waals surface area (Å²) in [6.45, 7) is 3.90. The van der Waals surface area contributed by atoms with Gasteiger partial charge in [-0.2, -0.15) is 0 Å². The second-order valence-electron chi connectivity index (χ2n) is 7.79. The fraction of sp³-hybridized carbons (Fsp3) is 0.192. The van der Waals surface area contributed by atoms with E-state index in [-0.39, 0.29) is 34.3 Å². The van der Waals surface area contributed by atoms with Gasteiger partial charge in [0.15, 0.2) is 0 Å². The molecule has 3 aromatic carbocycles. The summed E-state index contributed by atoms with van der Waals surface area (Å²) in [6, 6.07) is 21.4. The molecule has 0 saturated carbocycles. The first-order valence-corrected chi connectivity index (χ1v) is 13.9. The first-order chi connectivity index (χ1) is 15.7. The SMILES string of the molecule is Cc1cc([Se]C(Cc2ccccc2)c2[se]c(-c3ccc(C(F)(F)F)cc3)nc2C)ccc1O. The Morgan fingerprint density at radius 1 is 0.970 bits per heavy atom. The predicted molar refractivity (Wildman–Crippen MR) is 127 cm³/mol. The topological polar surface area (TPSA) is 33.1 Å². The molecule has 7 heteroatoms. The summed E-state index contributed by atoms with van der Waals surface area (Å²) in [7, 11) is 0. The predicted octanol–water partition coefficient (Wildman–Crippen LogP) is 5.46. The van der Waals surface area contributed by atoms with E-state index in [0.717, 1.165) is 39.9 Å². The van der Waals surface area contributed by atoms with Gasteiger partial charge >= 0.3 is 204 Å². The van der Waals surface area contributed by atoms with Crippen LogP contribution in [-0.4, -0.2) is 39.6 Å². The van der Waals surface area contributed by atoms with Crippen molar-refractivity contribution in [2.24, 2.45) is 0 Å². The van der Waals surface area contributed by atoms with Crippen molar-refractivity contribution in [3.63, 3.8) is 0 Å². The van der Waals surface area contributed by atoms with Crippen LogP contribution in [0.15, 0.2) is 72.8 Å². The molecular weight excluding hydrogens is 557 g/mol. The second kappa shape index (κ2) is 9.90. The van der Waals surface area contributed by atoms with E-state index in [9.17, 15) is 18.3 Å². The number of hydrogen-bond donors (Lipinski definition) is 1. The molecule has 33 heavy (non-hydrogen) atoms. The second-order valence-corrected chi connectivity index (χ2v) is 12.6. The van der Waals surface area contributed by atoms with Crippen LogP contribution in [0.5, 0.6) is 5.75 Å². The third-order valence-electron chi connectivity index (χ3n) is 5.29. The summed E-state index contributed by atoms with van der Waals surface area (Å²) in [5.41, 5.74) is 3.19. The van der Waals surface area contributed by atoms with Gasteiger partial charge in [-0.25, -0.2) is 0 Å². The molecule has 4 aromatic rings. The van der Waals surface area contributed by atoms with Crippen LogP contribution < -0.4 is 4.46 Å². The van der Waals surface area contributed by atoms with Crippen molar-refractivity contribution >= 4 is 33.9 Å². The van der Waals surface area contributed by atoms with Gasteiger partial charge in [-0.05, 0) is 0 Å². The summed E-state index contributed by atoms with van der Waals surface area (Å²) in [4.78, 5) is 5.06. The van der Waals surface area contributed by atoms with Crippen LogP contribution in [-0.2, 0) is 12.6 Å². The third kappa shape index (κ3) is 5.80. The minimum absolute atomic E-state index is 0.0585. The number of halogens is 3. The third-order valence-corrected chi connectivity index (χ3v) is 11.4. The number of phenolic OH excluding ortho intramolecular Hbond substituents is 1. The molecule has 0 fully saturated rings. The molecule has 0 aliphatic carbocycles. The maximum absolute atomic E-state index is 12.9. The number of aromatic nitrogens is 1. The standard InChI is InChI=1S/C26H22F3NOSe2/c1-16-14-21(12-13-22(16)31)32-23(15-18-6-4-3-5-7-18)24-17(2)30-25(33-24)19-8-10-20(11-9-19)26(27,28)29/h3-14,23,31H,15H2,1-2H3. The van der Waals surface area contributed by atoms with Gasteiger partial charge in [-0.3, -0.25) is 0 Å². The van der Waals surface area contributed by atoms with Crippen molar-refractivity contribution in [3.05, 3.63) is 99.6 Å². The van der Waals surface area contributed by atoms with E-state index in [1.807, 2.05) is 44.2 Å². The van der Waals surface area contributed by atoms with Gasteiger partial charge in [0.2, 0.25) is 0 Å². The minimum atomic E-state index is -4.34. The molecular formula is C26H22F3NOSe2. The van der Waals surface area contributed by atoms with Gasteiger partial charge in [0.25, 0.3) is 0 Å². The molecule has 1 heterocycles. The Morgan fingerprint density at radius 2 is 1.67 bits per heavy atom. The maximum atomic E-state index is 12.9. The van der Waals surface area contributed by atoms with Crippen molar-refractivity contribution in [1.82, 2.24) is 4.98 Å². The number of nitrogens with zero attached hydrogens (tertiary/aromatic N) is 1. The monoisotopic (exact) mass is 581 g/mol. The van der Waals surface area contributed by atoms with Crippen molar-refractivity contribution in [3.8, 4) is 15.9 Å². The van der Waals surface area contributed by atoms with Gasteiger partial charge in [-0.15, -0.1) is 0 Å². The van der Waals surface area contributed by atoms with Crippen LogP contribution in [0.1, 0.15) is 31.6 Å². The Kier molecular flexibility index (Phi) is 7.16. The molecule has 4 rings (SSSR count). The van der Waals surface area contributed by atoms with E-state index in [4.69, 9.17) is 4.98 Å². The summed E-state index contributed by atoms with van der Waals surface area (Å²) in [5, 5.41) is 9.91. The first kappa shape index (κ1) is 23.8. The molecule has 0 bridgehead atoms. The molecule has 0 radical (unpaired) electrons. The van der Waals surface area contributed by atoms with Crippen molar-refractivity contribution < 1.29 is 18.3 Å². The Bertz CT molecular complexity index is 1230. The molecule has 1 N–H and O–H groups in total. The van der Waals surface area contributed by atoms with Crippen LogP contribution in [0.25, 0.3) is 10.1 Å². The Hall–Kier alpha value is -2.30. The van der Waals surface area contributed by atoms with Gasteiger partial charge in [-0.1, -0.05) is 0 Å². The number of aryl methyl sites for hydroxylation is 2. The van der Waals surface area contributed by atoms with Gasteiger partial charge in [0.05, 0.1) is 0 Å². The zero-order valence-electron chi connectivity index (χ0n) is 18.1. The van der Waals surface area contributed by atoms with E-state index >= 15 is 0 Å². The number of aromatic hydroxyl groups is 1. The van der Waals surface area contributed by atoms with Crippen LogP contribution >= 0.6 is 0 Å². The van der Waals surface area contributed by atoms with Crippen LogP contribution in [0.3, 0.4) is 0 Å². The van der Waals surface area contributed by atoms with Crippen LogP contribution in [0, 0.1) is 13.8 Å². The average molecular weight is 579 g/mol. The number of alkyl halides is 3. The van der Waals surface area contributed by atoms with Gasteiger partial charge in [0.1, 0.15) is 0 Å². The van der Waals surface area contributed by atoms with Crippen molar-refractivity contribution in [2.45, 2.75) is 31.3 Å². The fourth-order valence-electron chi connectivity index (χ4n) is 3.51. The first-order valence-electron chi connectivity index (χ1n) is 10.4. The number of benzene rings is 3. The van der Waals surface area contributed by atoms with Crippen LogP contribution in [0.4, 0.5) is 13.2 Å². The number of rotatable bonds is 6. The number of hydrogen-bond acceptors (Lipinski definition) is 2.